The highest BCUT2D eigenvalue weighted by molar-refractivity contribution is 9.10. The number of hydrogen-bond donors (Lipinski definition) is 1. The molecule has 162 valence electrons. The Labute approximate surface area is 185 Å². The molecule has 30 heavy (non-hydrogen) atoms. The summed E-state index contributed by atoms with van der Waals surface area (Å²) < 4.78 is 17.5. The third kappa shape index (κ3) is 7.36. The van der Waals surface area contributed by atoms with E-state index in [2.05, 4.69) is 44.8 Å². The van der Waals surface area contributed by atoms with E-state index in [-0.39, 0.29) is 0 Å². The molecule has 0 unspecified atom stereocenters. The summed E-state index contributed by atoms with van der Waals surface area (Å²) in [7, 11) is 0. The topological polar surface area (TPSA) is 84.8 Å². The summed E-state index contributed by atoms with van der Waals surface area (Å²) in [6.07, 6.45) is 1.64. The maximum atomic E-state index is 10.4. The van der Waals surface area contributed by atoms with Crippen LogP contribution in [-0.2, 0) is 17.7 Å². The molecule has 0 amide bonds. The number of aromatic nitrogens is 2. The third-order valence-corrected chi connectivity index (χ3v) is 4.93. The minimum Gasteiger partial charge on any atom is -0.468 e. The second-order valence-corrected chi connectivity index (χ2v) is 8.58. The number of furan rings is 1. The average Bonchev–Trinajstić information content (AvgIpc) is 3.38. The Bertz CT molecular complexity index is 865. The molecule has 0 aliphatic rings. The van der Waals surface area contributed by atoms with Gasteiger partial charge in [-0.05, 0) is 42.3 Å². The standard InChI is InChI=1S/C22H28BrN3O4/c1-16(2)14-28-15-19(27)12-26(13-20-4-3-11-29-20)10-9-21-24-22(25-30-21)17-5-7-18(23)8-6-17/h3-8,11,16,19,27H,9-10,12-15H2,1-2H3/t19-/m1/s1. The molecular formula is C22H28BrN3O4. The third-order valence-electron chi connectivity index (χ3n) is 4.40. The summed E-state index contributed by atoms with van der Waals surface area (Å²) >= 11 is 3.42. The van der Waals surface area contributed by atoms with Gasteiger partial charge >= 0.3 is 0 Å². The Hall–Kier alpha value is -2.00. The number of aliphatic hydroxyl groups excluding tert-OH is 1. The van der Waals surface area contributed by atoms with Gasteiger partial charge in [0.25, 0.3) is 0 Å². The molecule has 0 aliphatic carbocycles. The summed E-state index contributed by atoms with van der Waals surface area (Å²) in [6, 6.07) is 11.6. The number of nitrogens with zero attached hydrogens (tertiary/aromatic N) is 3. The molecule has 3 aromatic rings. The fraction of sp³-hybridized carbons (Fsp3) is 0.455. The normalized spacial score (nSPS) is 12.7. The van der Waals surface area contributed by atoms with Gasteiger partial charge in [-0.3, -0.25) is 4.90 Å². The van der Waals surface area contributed by atoms with Gasteiger partial charge in [0.2, 0.25) is 11.7 Å². The number of rotatable bonds is 12. The van der Waals surface area contributed by atoms with Crippen molar-refractivity contribution in [2.45, 2.75) is 32.9 Å². The molecular weight excluding hydrogens is 450 g/mol. The zero-order chi connectivity index (χ0) is 21.3. The van der Waals surface area contributed by atoms with Crippen LogP contribution in [0.1, 0.15) is 25.5 Å². The van der Waals surface area contributed by atoms with E-state index in [1.807, 2.05) is 36.4 Å². The van der Waals surface area contributed by atoms with Crippen molar-refractivity contribution in [1.82, 2.24) is 15.0 Å². The second-order valence-electron chi connectivity index (χ2n) is 7.67. The van der Waals surface area contributed by atoms with Crippen molar-refractivity contribution in [3.8, 4) is 11.4 Å². The van der Waals surface area contributed by atoms with E-state index in [0.29, 0.717) is 56.9 Å². The van der Waals surface area contributed by atoms with Gasteiger partial charge in [0.1, 0.15) is 5.76 Å². The van der Waals surface area contributed by atoms with Gasteiger partial charge < -0.3 is 18.8 Å². The molecule has 7 nitrogen and oxygen atoms in total. The molecule has 1 aromatic carbocycles. The van der Waals surface area contributed by atoms with Crippen LogP contribution in [0.4, 0.5) is 0 Å². The molecule has 0 saturated carbocycles. The van der Waals surface area contributed by atoms with Gasteiger partial charge in [0.05, 0.1) is 25.5 Å². The zero-order valence-electron chi connectivity index (χ0n) is 17.3. The van der Waals surface area contributed by atoms with E-state index < -0.39 is 6.10 Å². The summed E-state index contributed by atoms with van der Waals surface area (Å²) in [4.78, 5) is 6.60. The fourth-order valence-corrected chi connectivity index (χ4v) is 3.24. The lowest BCUT2D eigenvalue weighted by Crippen LogP contribution is -2.36. The SMILES string of the molecule is CC(C)COC[C@H](O)CN(CCc1nc(-c2ccc(Br)cc2)no1)Cc1ccco1. The van der Waals surface area contributed by atoms with Crippen LogP contribution in [0.25, 0.3) is 11.4 Å². The van der Waals surface area contributed by atoms with Gasteiger partial charge in [-0.1, -0.05) is 34.9 Å². The van der Waals surface area contributed by atoms with Crippen LogP contribution in [0.5, 0.6) is 0 Å². The van der Waals surface area contributed by atoms with E-state index in [1.165, 1.54) is 0 Å². The minimum atomic E-state index is -0.584. The van der Waals surface area contributed by atoms with Crippen molar-refractivity contribution < 1.29 is 18.8 Å². The largest absolute Gasteiger partial charge is 0.468 e. The molecule has 0 saturated heterocycles. The summed E-state index contributed by atoms with van der Waals surface area (Å²) in [5, 5.41) is 14.5. The molecule has 1 atom stereocenters. The van der Waals surface area contributed by atoms with Crippen molar-refractivity contribution in [2.75, 3.05) is 26.3 Å². The predicted octanol–water partition coefficient (Wildman–Crippen LogP) is 4.17. The summed E-state index contributed by atoms with van der Waals surface area (Å²) in [5.74, 6) is 2.40. The Morgan fingerprint density at radius 2 is 1.97 bits per heavy atom. The van der Waals surface area contributed by atoms with Crippen LogP contribution in [0.15, 0.2) is 56.1 Å². The van der Waals surface area contributed by atoms with E-state index in [4.69, 9.17) is 13.7 Å². The second kappa shape index (κ2) is 11.4. The highest BCUT2D eigenvalue weighted by Crippen LogP contribution is 2.19. The van der Waals surface area contributed by atoms with Crippen LogP contribution >= 0.6 is 15.9 Å². The molecule has 0 spiro atoms. The molecule has 3 rings (SSSR count). The minimum absolute atomic E-state index is 0.307. The Balaban J connectivity index is 1.56. The highest BCUT2D eigenvalue weighted by atomic mass is 79.9. The van der Waals surface area contributed by atoms with Crippen molar-refractivity contribution >= 4 is 15.9 Å². The number of aliphatic hydroxyl groups is 1. The molecule has 0 fully saturated rings. The first kappa shape index (κ1) is 22.7. The monoisotopic (exact) mass is 477 g/mol. The van der Waals surface area contributed by atoms with Crippen LogP contribution in [0.2, 0.25) is 0 Å². The van der Waals surface area contributed by atoms with Gasteiger partial charge in [0.15, 0.2) is 0 Å². The summed E-state index contributed by atoms with van der Waals surface area (Å²) in [5.41, 5.74) is 0.901. The lowest BCUT2D eigenvalue weighted by Gasteiger charge is -2.23. The highest BCUT2D eigenvalue weighted by Gasteiger charge is 2.16. The first-order valence-corrected chi connectivity index (χ1v) is 10.9. The number of benzene rings is 1. The van der Waals surface area contributed by atoms with E-state index >= 15 is 0 Å². The average molecular weight is 478 g/mol. The van der Waals surface area contributed by atoms with Crippen LogP contribution in [0.3, 0.4) is 0 Å². The smallest absolute Gasteiger partial charge is 0.228 e. The lowest BCUT2D eigenvalue weighted by atomic mass is 10.2. The quantitative estimate of drug-likeness (QED) is 0.418. The van der Waals surface area contributed by atoms with E-state index in [0.717, 1.165) is 15.8 Å². The molecule has 2 aromatic heterocycles. The van der Waals surface area contributed by atoms with E-state index in [9.17, 15) is 5.11 Å². The van der Waals surface area contributed by atoms with E-state index in [1.54, 1.807) is 6.26 Å². The van der Waals surface area contributed by atoms with Gasteiger partial charge in [-0.25, -0.2) is 0 Å². The molecule has 0 aliphatic heterocycles. The predicted molar refractivity (Wildman–Crippen MR) is 117 cm³/mol. The van der Waals surface area contributed by atoms with Crippen LogP contribution < -0.4 is 0 Å². The number of hydrogen-bond acceptors (Lipinski definition) is 7. The zero-order valence-corrected chi connectivity index (χ0v) is 18.9. The molecule has 2 heterocycles. The van der Waals surface area contributed by atoms with Crippen LogP contribution in [-0.4, -0.2) is 52.6 Å². The maximum absolute atomic E-state index is 10.4. The number of halogens is 1. The van der Waals surface area contributed by atoms with Gasteiger partial charge in [0, 0.05) is 36.2 Å². The first-order chi connectivity index (χ1) is 14.5. The number of ether oxygens (including phenoxy) is 1. The Morgan fingerprint density at radius 1 is 1.17 bits per heavy atom. The Morgan fingerprint density at radius 3 is 2.67 bits per heavy atom. The van der Waals surface area contributed by atoms with Crippen LogP contribution in [0, 0.1) is 5.92 Å². The maximum Gasteiger partial charge on any atom is 0.228 e. The van der Waals surface area contributed by atoms with Gasteiger partial charge in [-0.2, -0.15) is 4.98 Å². The molecule has 0 radical (unpaired) electrons. The first-order valence-electron chi connectivity index (χ1n) is 10.1. The fourth-order valence-electron chi connectivity index (χ4n) is 2.97. The van der Waals surface area contributed by atoms with Crippen molar-refractivity contribution in [3.05, 3.63) is 58.8 Å². The summed E-state index contributed by atoms with van der Waals surface area (Å²) in [6.45, 7) is 6.81. The van der Waals surface area contributed by atoms with Gasteiger partial charge in [-0.15, -0.1) is 0 Å². The molecule has 1 N–H and O–H groups in total. The van der Waals surface area contributed by atoms with Crippen molar-refractivity contribution in [2.24, 2.45) is 5.92 Å². The lowest BCUT2D eigenvalue weighted by molar-refractivity contribution is 0.00591. The Kier molecular flexibility index (Phi) is 8.62. The van der Waals surface area contributed by atoms with Crippen molar-refractivity contribution in [1.29, 1.82) is 0 Å². The molecule has 8 heteroatoms. The molecule has 0 bridgehead atoms. The van der Waals surface area contributed by atoms with Crippen molar-refractivity contribution in [3.63, 3.8) is 0 Å².